The Morgan fingerprint density at radius 3 is 2.57 bits per heavy atom. The van der Waals surface area contributed by atoms with Crippen molar-refractivity contribution in [2.75, 3.05) is 0 Å². The molecule has 0 aliphatic rings. The summed E-state index contributed by atoms with van der Waals surface area (Å²) < 4.78 is 0.267. The molecule has 0 bridgehead atoms. The Bertz CT molecular complexity index is 544. The van der Waals surface area contributed by atoms with Crippen LogP contribution in [0.5, 0.6) is 0 Å². The van der Waals surface area contributed by atoms with Crippen LogP contribution in [0, 0.1) is 4.77 Å². The lowest BCUT2D eigenvalue weighted by molar-refractivity contribution is 0.918. The summed E-state index contributed by atoms with van der Waals surface area (Å²) in [5, 5.41) is 4.90. The Kier molecular flexibility index (Phi) is 2.24. The molecule has 2 N–H and O–H groups in total. The second-order valence-corrected chi connectivity index (χ2v) is 3.10. The first-order valence-electron chi connectivity index (χ1n) is 4.02. The highest BCUT2D eigenvalue weighted by Gasteiger charge is 2.02. The van der Waals surface area contributed by atoms with E-state index in [-0.39, 0.29) is 10.3 Å². The third kappa shape index (κ3) is 1.62. The van der Waals surface area contributed by atoms with Gasteiger partial charge < -0.3 is 0 Å². The fourth-order valence-corrected chi connectivity index (χ4v) is 1.28. The van der Waals surface area contributed by atoms with Crippen LogP contribution in [0.25, 0.3) is 11.3 Å². The summed E-state index contributed by atoms with van der Waals surface area (Å²) in [6.45, 7) is 0. The first-order valence-corrected chi connectivity index (χ1v) is 4.42. The minimum Gasteiger partial charge on any atom is -0.272 e. The van der Waals surface area contributed by atoms with Gasteiger partial charge in [-0.05, 0) is 12.2 Å². The molecule has 5 heteroatoms. The van der Waals surface area contributed by atoms with Crippen molar-refractivity contribution < 1.29 is 0 Å². The fourth-order valence-electron chi connectivity index (χ4n) is 1.14. The lowest BCUT2D eigenvalue weighted by Gasteiger charge is -1.97. The van der Waals surface area contributed by atoms with E-state index >= 15 is 0 Å². The summed E-state index contributed by atoms with van der Waals surface area (Å²) in [5.74, 6) is 0. The molecule has 0 spiro atoms. The van der Waals surface area contributed by atoms with Crippen LogP contribution < -0.4 is 5.56 Å². The summed E-state index contributed by atoms with van der Waals surface area (Å²) in [4.78, 5) is 15.3. The molecule has 1 aromatic heterocycles. The van der Waals surface area contributed by atoms with Gasteiger partial charge in [-0.2, -0.15) is 0 Å². The number of nitrogens with one attached hydrogen (secondary N) is 2. The predicted octanol–water partition coefficient (Wildman–Crippen LogP) is 1.49. The van der Waals surface area contributed by atoms with Crippen LogP contribution in [0.2, 0.25) is 0 Å². The molecule has 14 heavy (non-hydrogen) atoms. The SMILES string of the molecule is O=c1[nH][nH]c(=S)nc1-c1ccccc1. The summed E-state index contributed by atoms with van der Waals surface area (Å²) in [7, 11) is 0. The van der Waals surface area contributed by atoms with E-state index in [4.69, 9.17) is 12.2 Å². The normalized spacial score (nSPS) is 10.0. The highest BCUT2D eigenvalue weighted by atomic mass is 32.1. The number of rotatable bonds is 1. The molecule has 0 radical (unpaired) electrons. The number of aromatic amines is 2. The zero-order valence-electron chi connectivity index (χ0n) is 7.15. The van der Waals surface area contributed by atoms with E-state index in [1.165, 1.54) is 0 Å². The molecule has 0 saturated heterocycles. The highest BCUT2D eigenvalue weighted by molar-refractivity contribution is 7.71. The van der Waals surface area contributed by atoms with E-state index in [1.54, 1.807) is 0 Å². The van der Waals surface area contributed by atoms with Crippen molar-refractivity contribution in [2.45, 2.75) is 0 Å². The van der Waals surface area contributed by atoms with Gasteiger partial charge in [0.25, 0.3) is 5.56 Å². The van der Waals surface area contributed by atoms with Crippen LogP contribution in [-0.4, -0.2) is 15.2 Å². The molecule has 0 atom stereocenters. The van der Waals surface area contributed by atoms with Gasteiger partial charge in [0.15, 0.2) is 0 Å². The maximum Gasteiger partial charge on any atom is 0.288 e. The number of nitrogens with zero attached hydrogens (tertiary/aromatic N) is 1. The summed E-state index contributed by atoms with van der Waals surface area (Å²) in [5.41, 5.74) is 0.827. The van der Waals surface area contributed by atoms with Gasteiger partial charge in [-0.25, -0.2) is 4.98 Å². The molecule has 1 aromatic carbocycles. The van der Waals surface area contributed by atoms with Crippen LogP contribution >= 0.6 is 12.2 Å². The number of benzene rings is 1. The Morgan fingerprint density at radius 1 is 1.14 bits per heavy atom. The molecule has 1 heterocycles. The maximum atomic E-state index is 11.4. The molecule has 0 aliphatic carbocycles. The molecular formula is C9H7N3OS. The molecule has 0 fully saturated rings. The number of H-pyrrole nitrogens is 2. The molecule has 4 nitrogen and oxygen atoms in total. The largest absolute Gasteiger partial charge is 0.288 e. The summed E-state index contributed by atoms with van der Waals surface area (Å²) in [6, 6.07) is 9.19. The average molecular weight is 205 g/mol. The maximum absolute atomic E-state index is 11.4. The second kappa shape index (κ2) is 3.55. The Labute approximate surface area is 84.6 Å². The van der Waals surface area contributed by atoms with Gasteiger partial charge in [0.05, 0.1) is 0 Å². The molecule has 0 amide bonds. The third-order valence-corrected chi connectivity index (χ3v) is 1.95. The summed E-state index contributed by atoms with van der Waals surface area (Å²) >= 11 is 4.82. The van der Waals surface area contributed by atoms with Crippen LogP contribution in [0.4, 0.5) is 0 Å². The molecule has 2 aromatic rings. The van der Waals surface area contributed by atoms with Gasteiger partial charge in [0, 0.05) is 5.56 Å². The lowest BCUT2D eigenvalue weighted by Crippen LogP contribution is -2.13. The Morgan fingerprint density at radius 2 is 1.86 bits per heavy atom. The van der Waals surface area contributed by atoms with E-state index in [0.29, 0.717) is 5.69 Å². The van der Waals surface area contributed by atoms with Gasteiger partial charge in [-0.1, -0.05) is 30.3 Å². The first kappa shape index (κ1) is 8.83. The number of hydrogen-bond donors (Lipinski definition) is 2. The van der Waals surface area contributed by atoms with E-state index in [9.17, 15) is 4.79 Å². The number of aromatic nitrogens is 3. The average Bonchev–Trinajstić information content (AvgIpc) is 2.23. The Hall–Kier alpha value is -1.75. The van der Waals surface area contributed by atoms with Crippen molar-refractivity contribution in [1.29, 1.82) is 0 Å². The van der Waals surface area contributed by atoms with Crippen molar-refractivity contribution in [1.82, 2.24) is 15.2 Å². The van der Waals surface area contributed by atoms with Crippen LogP contribution in [0.15, 0.2) is 35.1 Å². The highest BCUT2D eigenvalue weighted by Crippen LogP contribution is 2.10. The molecule has 2 rings (SSSR count). The van der Waals surface area contributed by atoms with Gasteiger partial charge in [-0.3, -0.25) is 15.0 Å². The van der Waals surface area contributed by atoms with E-state index in [2.05, 4.69) is 15.2 Å². The monoisotopic (exact) mass is 205 g/mol. The first-order chi connectivity index (χ1) is 6.77. The minimum absolute atomic E-state index is 0.267. The Balaban J connectivity index is 2.69. The third-order valence-electron chi connectivity index (χ3n) is 1.76. The lowest BCUT2D eigenvalue weighted by atomic mass is 10.2. The van der Waals surface area contributed by atoms with Gasteiger partial charge >= 0.3 is 0 Å². The van der Waals surface area contributed by atoms with Gasteiger partial charge in [0.1, 0.15) is 5.69 Å². The summed E-state index contributed by atoms with van der Waals surface area (Å²) in [6.07, 6.45) is 0. The number of hydrogen-bond acceptors (Lipinski definition) is 3. The van der Waals surface area contributed by atoms with E-state index < -0.39 is 0 Å². The zero-order valence-corrected chi connectivity index (χ0v) is 7.97. The van der Waals surface area contributed by atoms with Gasteiger partial charge in [-0.15, -0.1) is 0 Å². The van der Waals surface area contributed by atoms with Crippen LogP contribution in [0.1, 0.15) is 0 Å². The van der Waals surface area contributed by atoms with Crippen molar-refractivity contribution >= 4 is 12.2 Å². The van der Waals surface area contributed by atoms with Crippen molar-refractivity contribution in [3.05, 3.63) is 45.5 Å². The smallest absolute Gasteiger partial charge is 0.272 e. The molecule has 70 valence electrons. The quantitative estimate of drug-likeness (QED) is 0.693. The van der Waals surface area contributed by atoms with Crippen LogP contribution in [-0.2, 0) is 0 Å². The zero-order chi connectivity index (χ0) is 9.97. The van der Waals surface area contributed by atoms with E-state index in [0.717, 1.165) is 5.56 Å². The topological polar surface area (TPSA) is 61.5 Å². The second-order valence-electron chi connectivity index (χ2n) is 2.71. The fraction of sp³-hybridized carbons (Fsp3) is 0. The molecular weight excluding hydrogens is 198 g/mol. The molecule has 0 aliphatic heterocycles. The standard InChI is InChI=1S/C9H7N3OS/c13-8-7(10-9(14)12-11-8)6-4-2-1-3-5-6/h1-5H,(H,11,13)(H,10,12,14). The van der Waals surface area contributed by atoms with Crippen molar-refractivity contribution in [3.63, 3.8) is 0 Å². The van der Waals surface area contributed by atoms with E-state index in [1.807, 2.05) is 30.3 Å². The predicted molar refractivity (Wildman–Crippen MR) is 55.5 cm³/mol. The molecule has 0 unspecified atom stereocenters. The van der Waals surface area contributed by atoms with Crippen LogP contribution in [0.3, 0.4) is 0 Å². The molecule has 0 saturated carbocycles. The van der Waals surface area contributed by atoms with Gasteiger partial charge in [0.2, 0.25) is 4.77 Å². The van der Waals surface area contributed by atoms with Crippen molar-refractivity contribution in [2.24, 2.45) is 0 Å². The van der Waals surface area contributed by atoms with Crippen molar-refractivity contribution in [3.8, 4) is 11.3 Å². The minimum atomic E-state index is -0.273.